The maximum atomic E-state index is 11.6. The molecule has 1 aliphatic carbocycles. The first-order valence-electron chi connectivity index (χ1n) is 6.19. The molecule has 1 heterocycles. The third-order valence-corrected chi connectivity index (χ3v) is 3.00. The van der Waals surface area contributed by atoms with E-state index in [2.05, 4.69) is 28.7 Å². The van der Waals surface area contributed by atoms with E-state index in [1.807, 2.05) is 0 Å². The smallest absolute Gasteiger partial charge is 0.252 e. The zero-order valence-electron chi connectivity index (χ0n) is 10.4. The number of rotatable bonds is 5. The van der Waals surface area contributed by atoms with Crippen molar-refractivity contribution in [3.05, 3.63) is 22.2 Å². The van der Waals surface area contributed by atoms with Crippen LogP contribution in [0.1, 0.15) is 38.4 Å². The summed E-state index contributed by atoms with van der Waals surface area (Å²) >= 11 is 0. The molecule has 3 N–H and O–H groups in total. The van der Waals surface area contributed by atoms with Gasteiger partial charge in [-0.3, -0.25) is 4.79 Å². The molecule has 1 fully saturated rings. The van der Waals surface area contributed by atoms with Gasteiger partial charge in [0.1, 0.15) is 11.6 Å². The van der Waals surface area contributed by atoms with Crippen molar-refractivity contribution in [1.29, 1.82) is 0 Å². The predicted octanol–water partition coefficient (Wildman–Crippen LogP) is 0.821. The quantitative estimate of drug-likeness (QED) is 0.793. The highest BCUT2D eigenvalue weighted by Gasteiger charge is 2.27. The van der Waals surface area contributed by atoms with E-state index < -0.39 is 0 Å². The second-order valence-corrected chi connectivity index (χ2v) is 4.84. The molecule has 94 valence electrons. The molecule has 0 aliphatic heterocycles. The van der Waals surface area contributed by atoms with Crippen molar-refractivity contribution < 1.29 is 0 Å². The Labute approximate surface area is 101 Å². The topological polar surface area (TPSA) is 75.0 Å². The van der Waals surface area contributed by atoms with Crippen molar-refractivity contribution in [1.82, 2.24) is 9.97 Å². The molecule has 0 unspecified atom stereocenters. The Bertz CT molecular complexity index is 436. The lowest BCUT2D eigenvalue weighted by atomic mass is 10.3. The van der Waals surface area contributed by atoms with Gasteiger partial charge in [-0.05, 0) is 26.7 Å². The van der Waals surface area contributed by atoms with Crippen LogP contribution in [0.25, 0.3) is 0 Å². The van der Waals surface area contributed by atoms with Crippen LogP contribution < -0.4 is 16.2 Å². The molecule has 1 aliphatic rings. The molecule has 1 aromatic rings. The van der Waals surface area contributed by atoms with Gasteiger partial charge in [-0.25, -0.2) is 4.98 Å². The number of aromatic amines is 1. The Hall–Kier alpha value is -1.36. The van der Waals surface area contributed by atoms with Crippen molar-refractivity contribution in [2.45, 2.75) is 38.6 Å². The normalized spacial score (nSPS) is 15.3. The summed E-state index contributed by atoms with van der Waals surface area (Å²) in [6.45, 7) is 5.44. The van der Waals surface area contributed by atoms with E-state index >= 15 is 0 Å². The minimum Gasteiger partial charge on any atom is -0.353 e. The fourth-order valence-electron chi connectivity index (χ4n) is 1.94. The van der Waals surface area contributed by atoms with Gasteiger partial charge in [0.15, 0.2) is 0 Å². The van der Waals surface area contributed by atoms with Crippen molar-refractivity contribution in [2.75, 3.05) is 18.0 Å². The molecule has 0 atom stereocenters. The third kappa shape index (κ3) is 2.85. The summed E-state index contributed by atoms with van der Waals surface area (Å²) in [5.74, 6) is 2.03. The van der Waals surface area contributed by atoms with Crippen LogP contribution in [-0.4, -0.2) is 29.1 Å². The van der Waals surface area contributed by atoms with Crippen LogP contribution in [-0.2, 0) is 0 Å². The summed E-state index contributed by atoms with van der Waals surface area (Å²) in [6.07, 6.45) is 2.26. The van der Waals surface area contributed by atoms with Gasteiger partial charge in [0.05, 0.1) is 0 Å². The average Bonchev–Trinajstić information content (AvgIpc) is 3.08. The number of nitrogens with zero attached hydrogens (tertiary/aromatic N) is 2. The highest BCUT2D eigenvalue weighted by atomic mass is 16.1. The molecule has 1 saturated carbocycles. The minimum absolute atomic E-state index is 0.0698. The van der Waals surface area contributed by atoms with Gasteiger partial charge in [0.2, 0.25) is 0 Å². The first-order chi connectivity index (χ1) is 8.11. The molecule has 0 spiro atoms. The summed E-state index contributed by atoms with van der Waals surface area (Å²) in [5, 5.41) is 0. The molecule has 0 bridgehead atoms. The lowest BCUT2D eigenvalue weighted by Gasteiger charge is -2.27. The van der Waals surface area contributed by atoms with Gasteiger partial charge < -0.3 is 15.6 Å². The summed E-state index contributed by atoms with van der Waals surface area (Å²) < 4.78 is 0. The molecular formula is C12H20N4O. The van der Waals surface area contributed by atoms with Gasteiger partial charge in [-0.1, -0.05) is 0 Å². The van der Waals surface area contributed by atoms with Crippen LogP contribution in [0.2, 0.25) is 0 Å². The monoisotopic (exact) mass is 236 g/mol. The van der Waals surface area contributed by atoms with Crippen molar-refractivity contribution in [2.24, 2.45) is 5.73 Å². The van der Waals surface area contributed by atoms with E-state index in [-0.39, 0.29) is 5.56 Å². The maximum absolute atomic E-state index is 11.6. The Kier molecular flexibility index (Phi) is 3.47. The molecule has 5 heteroatoms. The van der Waals surface area contributed by atoms with Crippen LogP contribution in [0.3, 0.4) is 0 Å². The number of H-pyrrole nitrogens is 1. The number of aromatic nitrogens is 2. The molecular weight excluding hydrogens is 216 g/mol. The number of hydrogen-bond donors (Lipinski definition) is 2. The average molecular weight is 236 g/mol. The minimum atomic E-state index is -0.0698. The van der Waals surface area contributed by atoms with Crippen LogP contribution in [0.5, 0.6) is 0 Å². The lowest BCUT2D eigenvalue weighted by molar-refractivity contribution is 0.668. The van der Waals surface area contributed by atoms with Gasteiger partial charge in [0.25, 0.3) is 5.56 Å². The predicted molar refractivity (Wildman–Crippen MR) is 68.4 cm³/mol. The Morgan fingerprint density at radius 1 is 1.59 bits per heavy atom. The first-order valence-corrected chi connectivity index (χ1v) is 6.19. The molecule has 17 heavy (non-hydrogen) atoms. The van der Waals surface area contributed by atoms with E-state index in [0.29, 0.717) is 18.5 Å². The summed E-state index contributed by atoms with van der Waals surface area (Å²) in [6, 6.07) is 1.85. The van der Waals surface area contributed by atoms with E-state index in [1.165, 1.54) is 0 Å². The van der Waals surface area contributed by atoms with E-state index in [9.17, 15) is 4.79 Å². The van der Waals surface area contributed by atoms with E-state index in [4.69, 9.17) is 5.73 Å². The Morgan fingerprint density at radius 2 is 2.29 bits per heavy atom. The van der Waals surface area contributed by atoms with E-state index in [1.54, 1.807) is 6.07 Å². The van der Waals surface area contributed by atoms with Crippen LogP contribution in [0.4, 0.5) is 5.82 Å². The molecule has 0 amide bonds. The van der Waals surface area contributed by atoms with Crippen LogP contribution in [0, 0.1) is 0 Å². The summed E-state index contributed by atoms with van der Waals surface area (Å²) in [5.41, 5.74) is 5.53. The highest BCUT2D eigenvalue weighted by Crippen LogP contribution is 2.37. The molecule has 0 radical (unpaired) electrons. The zero-order valence-corrected chi connectivity index (χ0v) is 10.4. The molecule has 0 saturated heterocycles. The van der Waals surface area contributed by atoms with Gasteiger partial charge >= 0.3 is 0 Å². The number of nitrogens with one attached hydrogen (secondary N) is 1. The molecule has 5 nitrogen and oxygen atoms in total. The van der Waals surface area contributed by atoms with Crippen molar-refractivity contribution >= 4 is 5.82 Å². The van der Waals surface area contributed by atoms with Crippen molar-refractivity contribution in [3.63, 3.8) is 0 Å². The SMILES string of the molecule is CC(C)N(CCN)c1cc(=O)[nH]c(C2CC2)n1. The van der Waals surface area contributed by atoms with Crippen LogP contribution in [0.15, 0.2) is 10.9 Å². The van der Waals surface area contributed by atoms with Gasteiger partial charge in [0, 0.05) is 31.1 Å². The van der Waals surface area contributed by atoms with Gasteiger partial charge in [-0.2, -0.15) is 0 Å². The maximum Gasteiger partial charge on any atom is 0.252 e. The third-order valence-electron chi connectivity index (χ3n) is 3.00. The summed E-state index contributed by atoms with van der Waals surface area (Å²) in [4.78, 5) is 21.1. The van der Waals surface area contributed by atoms with Crippen LogP contribution >= 0.6 is 0 Å². The fraction of sp³-hybridized carbons (Fsp3) is 0.667. The molecule has 0 aromatic carbocycles. The number of nitrogens with two attached hydrogens (primary N) is 1. The molecule has 2 rings (SSSR count). The summed E-state index contributed by atoms with van der Waals surface area (Å²) in [7, 11) is 0. The number of anilines is 1. The first kappa shape index (κ1) is 12.1. The molecule has 1 aromatic heterocycles. The Morgan fingerprint density at radius 3 is 2.82 bits per heavy atom. The fourth-order valence-corrected chi connectivity index (χ4v) is 1.94. The van der Waals surface area contributed by atoms with Crippen molar-refractivity contribution in [3.8, 4) is 0 Å². The lowest BCUT2D eigenvalue weighted by Crippen LogP contribution is -2.37. The second kappa shape index (κ2) is 4.87. The zero-order chi connectivity index (χ0) is 12.4. The van der Waals surface area contributed by atoms with E-state index in [0.717, 1.165) is 31.0 Å². The van der Waals surface area contributed by atoms with Gasteiger partial charge in [-0.15, -0.1) is 0 Å². The Balaban J connectivity index is 2.31. The second-order valence-electron chi connectivity index (χ2n) is 4.84. The number of hydrogen-bond acceptors (Lipinski definition) is 4. The largest absolute Gasteiger partial charge is 0.353 e. The standard InChI is InChI=1S/C12H20N4O/c1-8(2)16(6-5-13)10-7-11(17)15-12(14-10)9-3-4-9/h7-9H,3-6,13H2,1-2H3,(H,14,15,17). The highest BCUT2D eigenvalue weighted by molar-refractivity contribution is 5.39.